The minimum atomic E-state index is -4.50. The van der Waals surface area contributed by atoms with E-state index in [1.54, 1.807) is 12.1 Å². The predicted molar refractivity (Wildman–Crippen MR) is 126 cm³/mol. The summed E-state index contributed by atoms with van der Waals surface area (Å²) in [5.74, 6) is 0.964. The Bertz CT molecular complexity index is 1390. The molecule has 1 aliphatic rings. The molecular formula is C26H23F3N4O2. The van der Waals surface area contributed by atoms with Crippen LogP contribution < -0.4 is 4.90 Å². The molecule has 0 unspecified atom stereocenters. The number of alkyl halides is 3. The molecule has 4 aromatic rings. The van der Waals surface area contributed by atoms with E-state index < -0.39 is 11.7 Å². The van der Waals surface area contributed by atoms with E-state index in [4.69, 9.17) is 14.7 Å². The van der Waals surface area contributed by atoms with Crippen LogP contribution in [-0.4, -0.2) is 46.6 Å². The van der Waals surface area contributed by atoms with Crippen LogP contribution in [0.15, 0.2) is 60.8 Å². The van der Waals surface area contributed by atoms with Gasteiger partial charge in [0.05, 0.1) is 24.3 Å². The third-order valence-electron chi connectivity index (χ3n) is 6.07. The number of hydrogen-bond acceptors (Lipinski definition) is 5. The number of aryl methyl sites for hydroxylation is 1. The van der Waals surface area contributed by atoms with Gasteiger partial charge in [0.2, 0.25) is 0 Å². The first-order valence-electron chi connectivity index (χ1n) is 11.2. The zero-order valence-electron chi connectivity index (χ0n) is 19.0. The fourth-order valence-corrected chi connectivity index (χ4v) is 4.27. The zero-order valence-corrected chi connectivity index (χ0v) is 19.0. The highest BCUT2D eigenvalue weighted by Crippen LogP contribution is 2.31. The number of hydrogen-bond donors (Lipinski definition) is 0. The maximum atomic E-state index is 13.0. The van der Waals surface area contributed by atoms with Gasteiger partial charge in [-0.05, 0) is 29.8 Å². The van der Waals surface area contributed by atoms with E-state index in [0.29, 0.717) is 24.6 Å². The highest BCUT2D eigenvalue weighted by atomic mass is 19.4. The van der Waals surface area contributed by atoms with E-state index in [9.17, 15) is 18.0 Å². The topological polar surface area (TPSA) is 60.2 Å². The van der Waals surface area contributed by atoms with E-state index in [1.807, 2.05) is 36.0 Å². The van der Waals surface area contributed by atoms with Crippen molar-refractivity contribution in [1.82, 2.24) is 14.5 Å². The number of benzene rings is 2. The minimum absolute atomic E-state index is 0.0287. The largest absolute Gasteiger partial charge is 0.416 e. The molecule has 5 rings (SSSR count). The van der Waals surface area contributed by atoms with Crippen LogP contribution in [0.3, 0.4) is 0 Å². The third-order valence-corrected chi connectivity index (χ3v) is 6.07. The van der Waals surface area contributed by atoms with Crippen molar-refractivity contribution in [2.45, 2.75) is 12.6 Å². The first kappa shape index (κ1) is 23.0. The summed E-state index contributed by atoms with van der Waals surface area (Å²) in [6.07, 6.45) is -2.59. The molecule has 180 valence electrons. The Kier molecular flexibility index (Phi) is 6.02. The normalized spacial score (nSPS) is 14.5. The maximum Gasteiger partial charge on any atom is 0.416 e. The molecule has 35 heavy (non-hydrogen) atoms. The number of anilines is 1. The highest BCUT2D eigenvalue weighted by molar-refractivity contribution is 5.98. The van der Waals surface area contributed by atoms with Crippen molar-refractivity contribution in [3.05, 3.63) is 77.5 Å². The molecule has 0 saturated carbocycles. The Balaban J connectivity index is 1.46. The number of halogens is 3. The number of ether oxygens (including phenoxy) is 1. The van der Waals surface area contributed by atoms with Gasteiger partial charge in [0.15, 0.2) is 17.4 Å². The SMILES string of the molecule is Cn1ccc2nc(-c3cccc(CC(=O)c4cccc(C(F)(F)F)c4)c3)nc(N3CCOCC3)c21. The first-order valence-corrected chi connectivity index (χ1v) is 11.2. The standard InChI is InChI=1S/C26H23F3N4O2/c1-32-9-8-21-23(32)25(33-10-12-35-13-11-33)31-24(30-21)19-6-2-4-17(14-19)15-22(34)18-5-3-7-20(16-18)26(27,28)29/h2-9,14,16H,10-13,15H2,1H3. The van der Waals surface area contributed by atoms with Crippen molar-refractivity contribution in [2.75, 3.05) is 31.2 Å². The van der Waals surface area contributed by atoms with E-state index in [0.717, 1.165) is 47.6 Å². The third kappa shape index (κ3) is 4.77. The Morgan fingerprint density at radius 2 is 1.80 bits per heavy atom. The van der Waals surface area contributed by atoms with Crippen molar-refractivity contribution in [3.8, 4) is 11.4 Å². The number of carbonyl (C=O) groups excluding carboxylic acids is 1. The van der Waals surface area contributed by atoms with E-state index >= 15 is 0 Å². The Morgan fingerprint density at radius 3 is 2.57 bits per heavy atom. The molecule has 0 radical (unpaired) electrons. The zero-order chi connectivity index (χ0) is 24.6. The second kappa shape index (κ2) is 9.14. The number of Topliss-reactive ketones (excluding diaryl/α,β-unsaturated/α-hetero) is 1. The van der Waals surface area contributed by atoms with Gasteiger partial charge in [-0.1, -0.05) is 30.3 Å². The number of aromatic nitrogens is 3. The summed E-state index contributed by atoms with van der Waals surface area (Å²) in [6, 6.07) is 13.7. The second-order valence-electron chi connectivity index (χ2n) is 8.51. The Labute approximate surface area is 200 Å². The summed E-state index contributed by atoms with van der Waals surface area (Å²) in [4.78, 5) is 24.6. The second-order valence-corrected chi connectivity index (χ2v) is 8.51. The summed E-state index contributed by atoms with van der Waals surface area (Å²) in [7, 11) is 1.95. The fourth-order valence-electron chi connectivity index (χ4n) is 4.27. The molecule has 1 aliphatic heterocycles. The number of nitrogens with zero attached hydrogens (tertiary/aromatic N) is 4. The van der Waals surface area contributed by atoms with Crippen LogP contribution >= 0.6 is 0 Å². The summed E-state index contributed by atoms with van der Waals surface area (Å²) in [5, 5.41) is 0. The van der Waals surface area contributed by atoms with Crippen molar-refractivity contribution in [1.29, 1.82) is 0 Å². The van der Waals surface area contributed by atoms with Gasteiger partial charge in [0.1, 0.15) is 5.52 Å². The molecule has 2 aromatic carbocycles. The van der Waals surface area contributed by atoms with Gasteiger partial charge in [0, 0.05) is 43.9 Å². The lowest BCUT2D eigenvalue weighted by atomic mass is 9.99. The maximum absolute atomic E-state index is 13.0. The number of morpholine rings is 1. The smallest absolute Gasteiger partial charge is 0.378 e. The van der Waals surface area contributed by atoms with Gasteiger partial charge in [0.25, 0.3) is 0 Å². The van der Waals surface area contributed by atoms with Gasteiger partial charge < -0.3 is 14.2 Å². The van der Waals surface area contributed by atoms with Crippen molar-refractivity contribution >= 4 is 22.6 Å². The molecule has 0 amide bonds. The number of rotatable bonds is 5. The van der Waals surface area contributed by atoms with Gasteiger partial charge in [-0.25, -0.2) is 9.97 Å². The molecule has 9 heteroatoms. The van der Waals surface area contributed by atoms with Gasteiger partial charge in [-0.3, -0.25) is 4.79 Å². The summed E-state index contributed by atoms with van der Waals surface area (Å²) < 4.78 is 46.6. The molecule has 1 saturated heterocycles. The fraction of sp³-hybridized carbons (Fsp3) is 0.269. The lowest BCUT2D eigenvalue weighted by Gasteiger charge is -2.28. The van der Waals surface area contributed by atoms with Gasteiger partial charge >= 0.3 is 6.18 Å². The van der Waals surface area contributed by atoms with Crippen molar-refractivity contribution < 1.29 is 22.7 Å². The molecule has 0 atom stereocenters. The highest BCUT2D eigenvalue weighted by Gasteiger charge is 2.31. The number of carbonyl (C=O) groups is 1. The van der Waals surface area contributed by atoms with E-state index in [1.165, 1.54) is 12.1 Å². The molecule has 0 aliphatic carbocycles. The van der Waals surface area contributed by atoms with Crippen molar-refractivity contribution in [2.24, 2.45) is 7.05 Å². The molecule has 0 N–H and O–H groups in total. The lowest BCUT2D eigenvalue weighted by molar-refractivity contribution is -0.137. The average Bonchev–Trinajstić information content (AvgIpc) is 3.24. The van der Waals surface area contributed by atoms with Crippen LogP contribution in [0.2, 0.25) is 0 Å². The van der Waals surface area contributed by atoms with Crippen LogP contribution in [0.5, 0.6) is 0 Å². The predicted octanol–water partition coefficient (Wildman–Crippen LogP) is 4.92. The number of fused-ring (bicyclic) bond motifs is 1. The quantitative estimate of drug-likeness (QED) is 0.380. The molecular weight excluding hydrogens is 457 g/mol. The molecule has 0 bridgehead atoms. The summed E-state index contributed by atoms with van der Waals surface area (Å²) >= 11 is 0. The lowest BCUT2D eigenvalue weighted by Crippen LogP contribution is -2.37. The monoisotopic (exact) mass is 480 g/mol. The molecule has 6 nitrogen and oxygen atoms in total. The summed E-state index contributed by atoms with van der Waals surface area (Å²) in [6.45, 7) is 2.70. The van der Waals surface area contributed by atoms with Crippen LogP contribution in [0, 0.1) is 0 Å². The van der Waals surface area contributed by atoms with Crippen LogP contribution in [0.4, 0.5) is 19.0 Å². The minimum Gasteiger partial charge on any atom is -0.378 e. The molecule has 2 aromatic heterocycles. The van der Waals surface area contributed by atoms with Crippen LogP contribution in [0.1, 0.15) is 21.5 Å². The van der Waals surface area contributed by atoms with E-state index in [-0.39, 0.29) is 17.8 Å². The van der Waals surface area contributed by atoms with Crippen LogP contribution in [0.25, 0.3) is 22.4 Å². The average molecular weight is 480 g/mol. The number of ketones is 1. The Hall–Kier alpha value is -3.72. The first-order chi connectivity index (χ1) is 16.8. The molecule has 1 fully saturated rings. The van der Waals surface area contributed by atoms with Gasteiger partial charge in [-0.2, -0.15) is 13.2 Å². The summed E-state index contributed by atoms with van der Waals surface area (Å²) in [5.41, 5.74) is 2.35. The Morgan fingerprint density at radius 1 is 1.03 bits per heavy atom. The van der Waals surface area contributed by atoms with Gasteiger partial charge in [-0.15, -0.1) is 0 Å². The van der Waals surface area contributed by atoms with Crippen LogP contribution in [-0.2, 0) is 24.4 Å². The van der Waals surface area contributed by atoms with Crippen molar-refractivity contribution in [3.63, 3.8) is 0 Å². The molecule has 0 spiro atoms. The van der Waals surface area contributed by atoms with E-state index in [2.05, 4.69) is 4.90 Å². The molecule has 3 heterocycles.